The van der Waals surface area contributed by atoms with E-state index < -0.39 is 0 Å². The fraction of sp³-hybridized carbons (Fsp3) is 0.167. The van der Waals surface area contributed by atoms with E-state index in [1.807, 2.05) is 24.3 Å². The molecule has 0 spiro atoms. The SMILES string of the molecule is COc1ccc(-n2nccc2C(C)=O)cc1. The normalized spacial score (nSPS) is 10.1. The predicted octanol–water partition coefficient (Wildman–Crippen LogP) is 2.08. The summed E-state index contributed by atoms with van der Waals surface area (Å²) in [5.41, 5.74) is 1.42. The van der Waals surface area contributed by atoms with Crippen LogP contribution in [0, 0.1) is 0 Å². The highest BCUT2D eigenvalue weighted by molar-refractivity contribution is 5.92. The van der Waals surface area contributed by atoms with E-state index in [0.29, 0.717) is 5.69 Å². The van der Waals surface area contributed by atoms with E-state index in [9.17, 15) is 4.79 Å². The van der Waals surface area contributed by atoms with Crippen LogP contribution in [-0.4, -0.2) is 22.7 Å². The van der Waals surface area contributed by atoms with Crippen LogP contribution in [0.2, 0.25) is 0 Å². The molecular formula is C12H12N2O2. The zero-order valence-corrected chi connectivity index (χ0v) is 9.18. The van der Waals surface area contributed by atoms with Gasteiger partial charge in [0.15, 0.2) is 5.78 Å². The third kappa shape index (κ3) is 1.82. The molecule has 0 unspecified atom stereocenters. The van der Waals surface area contributed by atoms with Gasteiger partial charge in [0.1, 0.15) is 11.4 Å². The summed E-state index contributed by atoms with van der Waals surface area (Å²) in [6.07, 6.45) is 1.61. The van der Waals surface area contributed by atoms with Gasteiger partial charge in [-0.05, 0) is 30.3 Å². The summed E-state index contributed by atoms with van der Waals surface area (Å²) in [5.74, 6) is 0.772. The van der Waals surface area contributed by atoms with Gasteiger partial charge in [0.25, 0.3) is 0 Å². The minimum absolute atomic E-state index is 0.00619. The van der Waals surface area contributed by atoms with Gasteiger partial charge >= 0.3 is 0 Å². The van der Waals surface area contributed by atoms with Gasteiger partial charge < -0.3 is 4.74 Å². The van der Waals surface area contributed by atoms with Gasteiger partial charge in [-0.25, -0.2) is 4.68 Å². The van der Waals surface area contributed by atoms with Gasteiger partial charge in [-0.1, -0.05) is 0 Å². The maximum atomic E-state index is 11.3. The molecule has 0 saturated heterocycles. The maximum absolute atomic E-state index is 11.3. The highest BCUT2D eigenvalue weighted by Crippen LogP contribution is 2.16. The Labute approximate surface area is 93.5 Å². The lowest BCUT2D eigenvalue weighted by atomic mass is 10.2. The molecule has 1 aromatic carbocycles. The van der Waals surface area contributed by atoms with Gasteiger partial charge in [0.2, 0.25) is 0 Å². The van der Waals surface area contributed by atoms with Crippen LogP contribution in [0.3, 0.4) is 0 Å². The molecule has 1 heterocycles. The Morgan fingerprint density at radius 3 is 2.50 bits per heavy atom. The summed E-state index contributed by atoms with van der Waals surface area (Å²) in [6, 6.07) is 9.09. The molecule has 0 atom stereocenters. The molecule has 2 rings (SSSR count). The number of hydrogen-bond donors (Lipinski definition) is 0. The largest absolute Gasteiger partial charge is 0.497 e. The average molecular weight is 216 g/mol. The standard InChI is InChI=1S/C12H12N2O2/c1-9(15)12-7-8-13-14(12)10-3-5-11(16-2)6-4-10/h3-8H,1-2H3. The number of benzene rings is 1. The number of ether oxygens (including phenoxy) is 1. The van der Waals surface area contributed by atoms with Crippen molar-refractivity contribution < 1.29 is 9.53 Å². The Hall–Kier alpha value is -2.10. The van der Waals surface area contributed by atoms with Gasteiger partial charge in [-0.2, -0.15) is 5.10 Å². The first kappa shape index (κ1) is 10.4. The van der Waals surface area contributed by atoms with Crippen LogP contribution in [0.5, 0.6) is 5.75 Å². The van der Waals surface area contributed by atoms with Crippen LogP contribution in [0.1, 0.15) is 17.4 Å². The summed E-state index contributed by atoms with van der Waals surface area (Å²) >= 11 is 0. The van der Waals surface area contributed by atoms with Gasteiger partial charge in [0.05, 0.1) is 19.0 Å². The summed E-state index contributed by atoms with van der Waals surface area (Å²) < 4.78 is 6.68. The summed E-state index contributed by atoms with van der Waals surface area (Å²) in [7, 11) is 1.61. The van der Waals surface area contributed by atoms with E-state index in [1.54, 1.807) is 24.1 Å². The fourth-order valence-corrected chi connectivity index (χ4v) is 1.50. The summed E-state index contributed by atoms with van der Waals surface area (Å²) in [5, 5.41) is 4.12. The van der Waals surface area contributed by atoms with Crippen molar-refractivity contribution in [3.8, 4) is 11.4 Å². The second-order valence-corrected chi connectivity index (χ2v) is 3.38. The van der Waals surface area contributed by atoms with Crippen LogP contribution in [0.25, 0.3) is 5.69 Å². The molecule has 0 amide bonds. The minimum atomic E-state index is -0.00619. The zero-order valence-electron chi connectivity index (χ0n) is 9.18. The molecule has 0 bridgehead atoms. The van der Waals surface area contributed by atoms with E-state index in [0.717, 1.165) is 11.4 Å². The van der Waals surface area contributed by atoms with Gasteiger partial charge in [0, 0.05) is 6.92 Å². The molecule has 0 aliphatic carbocycles. The Morgan fingerprint density at radius 2 is 1.94 bits per heavy atom. The van der Waals surface area contributed by atoms with E-state index in [4.69, 9.17) is 4.74 Å². The minimum Gasteiger partial charge on any atom is -0.497 e. The van der Waals surface area contributed by atoms with E-state index >= 15 is 0 Å². The van der Waals surface area contributed by atoms with Crippen molar-refractivity contribution >= 4 is 5.78 Å². The molecule has 0 radical (unpaired) electrons. The third-order valence-corrected chi connectivity index (χ3v) is 2.32. The van der Waals surface area contributed by atoms with Crippen molar-refractivity contribution in [3.05, 3.63) is 42.2 Å². The lowest BCUT2D eigenvalue weighted by molar-refractivity contribution is 0.101. The number of carbonyl (C=O) groups excluding carboxylic acids is 1. The molecule has 82 valence electrons. The molecule has 2 aromatic rings. The van der Waals surface area contributed by atoms with E-state index in [-0.39, 0.29) is 5.78 Å². The number of Topliss-reactive ketones (excluding diaryl/α,β-unsaturated/α-hetero) is 1. The van der Waals surface area contributed by atoms with Crippen LogP contribution in [0.4, 0.5) is 0 Å². The number of methoxy groups -OCH3 is 1. The monoisotopic (exact) mass is 216 g/mol. The zero-order chi connectivity index (χ0) is 11.5. The van der Waals surface area contributed by atoms with Crippen molar-refractivity contribution in [2.75, 3.05) is 7.11 Å². The maximum Gasteiger partial charge on any atom is 0.178 e. The average Bonchev–Trinajstić information content (AvgIpc) is 2.78. The van der Waals surface area contributed by atoms with Crippen LogP contribution in [-0.2, 0) is 0 Å². The second kappa shape index (κ2) is 4.18. The van der Waals surface area contributed by atoms with E-state index in [1.165, 1.54) is 6.92 Å². The Balaban J connectivity index is 2.42. The quantitative estimate of drug-likeness (QED) is 0.738. The van der Waals surface area contributed by atoms with Crippen LogP contribution in [0.15, 0.2) is 36.5 Å². The molecule has 0 N–H and O–H groups in total. The number of ketones is 1. The van der Waals surface area contributed by atoms with Crippen molar-refractivity contribution in [1.29, 1.82) is 0 Å². The highest BCUT2D eigenvalue weighted by Gasteiger charge is 2.08. The lowest BCUT2D eigenvalue weighted by Gasteiger charge is -2.06. The first-order valence-electron chi connectivity index (χ1n) is 4.92. The van der Waals surface area contributed by atoms with Crippen molar-refractivity contribution in [3.63, 3.8) is 0 Å². The molecule has 0 aliphatic heterocycles. The predicted molar refractivity (Wildman–Crippen MR) is 60.1 cm³/mol. The summed E-state index contributed by atoms with van der Waals surface area (Å²) in [6.45, 7) is 1.52. The third-order valence-electron chi connectivity index (χ3n) is 2.32. The molecule has 4 nitrogen and oxygen atoms in total. The number of nitrogens with zero attached hydrogens (tertiary/aromatic N) is 2. The summed E-state index contributed by atoms with van der Waals surface area (Å²) in [4.78, 5) is 11.3. The smallest absolute Gasteiger partial charge is 0.178 e. The number of aromatic nitrogens is 2. The van der Waals surface area contributed by atoms with Crippen molar-refractivity contribution in [2.24, 2.45) is 0 Å². The van der Waals surface area contributed by atoms with Crippen LogP contribution < -0.4 is 4.74 Å². The van der Waals surface area contributed by atoms with Crippen LogP contribution >= 0.6 is 0 Å². The van der Waals surface area contributed by atoms with Crippen molar-refractivity contribution in [2.45, 2.75) is 6.92 Å². The Morgan fingerprint density at radius 1 is 1.25 bits per heavy atom. The first-order chi connectivity index (χ1) is 7.72. The molecule has 16 heavy (non-hydrogen) atoms. The molecule has 0 fully saturated rings. The van der Waals surface area contributed by atoms with Gasteiger partial charge in [-0.15, -0.1) is 0 Å². The Kier molecular flexibility index (Phi) is 2.72. The highest BCUT2D eigenvalue weighted by atomic mass is 16.5. The van der Waals surface area contributed by atoms with Crippen molar-refractivity contribution in [1.82, 2.24) is 9.78 Å². The second-order valence-electron chi connectivity index (χ2n) is 3.38. The number of hydrogen-bond acceptors (Lipinski definition) is 3. The fourth-order valence-electron chi connectivity index (χ4n) is 1.50. The Bertz CT molecular complexity index is 500. The number of carbonyl (C=O) groups is 1. The lowest BCUT2D eigenvalue weighted by Crippen LogP contribution is -2.05. The molecular weight excluding hydrogens is 204 g/mol. The number of rotatable bonds is 3. The first-order valence-corrected chi connectivity index (χ1v) is 4.92. The molecule has 1 aromatic heterocycles. The van der Waals surface area contributed by atoms with E-state index in [2.05, 4.69) is 5.10 Å². The van der Waals surface area contributed by atoms with Gasteiger partial charge in [-0.3, -0.25) is 4.79 Å². The molecule has 4 heteroatoms. The molecule has 0 saturated carbocycles. The molecule has 0 aliphatic rings. The topological polar surface area (TPSA) is 44.1 Å².